The second kappa shape index (κ2) is 6.43. The minimum absolute atomic E-state index is 0.00108. The monoisotopic (exact) mass is 292 g/mol. The Balaban J connectivity index is 1.99. The van der Waals surface area contributed by atoms with Crippen molar-refractivity contribution in [2.45, 2.75) is 45.3 Å². The van der Waals surface area contributed by atoms with Crippen LogP contribution in [0.4, 0.5) is 4.79 Å². The van der Waals surface area contributed by atoms with Gasteiger partial charge in [-0.15, -0.1) is 0 Å². The Bertz CT molecular complexity index is 470. The number of carbonyl (C=O) groups excluding carboxylic acids is 1. The molecule has 1 aliphatic rings. The molecular formula is C16H24N2O3. The Labute approximate surface area is 125 Å². The van der Waals surface area contributed by atoms with Crippen LogP contribution in [0.1, 0.15) is 45.4 Å². The van der Waals surface area contributed by atoms with Gasteiger partial charge in [0.2, 0.25) is 0 Å². The fraction of sp³-hybridized carbons (Fsp3) is 0.625. The molecule has 1 aromatic heterocycles. The first-order valence-corrected chi connectivity index (χ1v) is 7.44. The summed E-state index contributed by atoms with van der Waals surface area (Å²) in [5, 5.41) is 10.4. The summed E-state index contributed by atoms with van der Waals surface area (Å²) in [4.78, 5) is 18.0. The maximum atomic E-state index is 12.1. The lowest BCUT2D eigenvalue weighted by Gasteiger charge is -2.35. The van der Waals surface area contributed by atoms with Crippen molar-refractivity contribution in [3.8, 4) is 0 Å². The molecule has 1 fully saturated rings. The number of rotatable bonds is 2. The van der Waals surface area contributed by atoms with Crippen LogP contribution in [-0.2, 0) is 4.74 Å². The summed E-state index contributed by atoms with van der Waals surface area (Å²) in [6.45, 7) is 6.76. The molecule has 0 bridgehead atoms. The smallest absolute Gasteiger partial charge is 0.410 e. The number of likely N-dealkylation sites (tertiary alicyclic amines) is 1. The van der Waals surface area contributed by atoms with Gasteiger partial charge in [0, 0.05) is 25.2 Å². The molecule has 0 saturated carbocycles. The molecule has 0 radical (unpaired) electrons. The number of aliphatic hydroxyl groups is 1. The maximum Gasteiger partial charge on any atom is 0.410 e. The number of nitrogens with zero attached hydrogens (tertiary/aromatic N) is 2. The molecule has 116 valence electrons. The van der Waals surface area contributed by atoms with Gasteiger partial charge in [0.1, 0.15) is 11.7 Å². The van der Waals surface area contributed by atoms with Crippen LogP contribution in [0.5, 0.6) is 0 Å². The van der Waals surface area contributed by atoms with Gasteiger partial charge in [0.25, 0.3) is 0 Å². The summed E-state index contributed by atoms with van der Waals surface area (Å²) in [5.41, 5.74) is 0.164. The van der Waals surface area contributed by atoms with E-state index < -0.39 is 11.7 Å². The van der Waals surface area contributed by atoms with E-state index in [0.29, 0.717) is 18.8 Å². The highest BCUT2D eigenvalue weighted by Gasteiger charge is 2.31. The summed E-state index contributed by atoms with van der Waals surface area (Å²) < 4.78 is 5.40. The Morgan fingerprint density at radius 3 is 2.86 bits per heavy atom. The first-order valence-electron chi connectivity index (χ1n) is 7.44. The summed E-state index contributed by atoms with van der Waals surface area (Å²) in [5.74, 6) is 0.00108. The van der Waals surface area contributed by atoms with Crippen molar-refractivity contribution in [2.24, 2.45) is 5.92 Å². The number of carbonyl (C=O) groups is 1. The lowest BCUT2D eigenvalue weighted by Crippen LogP contribution is -2.44. The molecule has 1 aromatic rings. The largest absolute Gasteiger partial charge is 0.444 e. The first-order chi connectivity index (χ1) is 9.87. The molecule has 2 heterocycles. The average molecular weight is 292 g/mol. The quantitative estimate of drug-likeness (QED) is 0.910. The number of pyridine rings is 1. The zero-order chi connectivity index (χ0) is 15.5. The van der Waals surface area contributed by atoms with Crippen molar-refractivity contribution in [1.82, 2.24) is 9.88 Å². The Morgan fingerprint density at radius 1 is 1.48 bits per heavy atom. The molecule has 2 atom stereocenters. The predicted octanol–water partition coefficient (Wildman–Crippen LogP) is 2.76. The van der Waals surface area contributed by atoms with E-state index in [1.165, 1.54) is 0 Å². The molecular weight excluding hydrogens is 268 g/mol. The van der Waals surface area contributed by atoms with Crippen molar-refractivity contribution in [3.05, 3.63) is 30.1 Å². The lowest BCUT2D eigenvalue weighted by atomic mass is 9.91. The van der Waals surface area contributed by atoms with Gasteiger partial charge in [-0.1, -0.05) is 6.07 Å². The molecule has 1 saturated heterocycles. The number of amides is 1. The zero-order valence-electron chi connectivity index (χ0n) is 13.0. The van der Waals surface area contributed by atoms with Crippen LogP contribution in [0.2, 0.25) is 0 Å². The van der Waals surface area contributed by atoms with Gasteiger partial charge in [-0.3, -0.25) is 4.98 Å². The van der Waals surface area contributed by atoms with Crippen LogP contribution >= 0.6 is 0 Å². The van der Waals surface area contributed by atoms with E-state index in [1.54, 1.807) is 11.1 Å². The number of hydrogen-bond donors (Lipinski definition) is 1. The number of hydrogen-bond acceptors (Lipinski definition) is 4. The zero-order valence-corrected chi connectivity index (χ0v) is 13.0. The lowest BCUT2D eigenvalue weighted by molar-refractivity contribution is 0.00173. The highest BCUT2D eigenvalue weighted by atomic mass is 16.6. The van der Waals surface area contributed by atoms with E-state index >= 15 is 0 Å². The summed E-state index contributed by atoms with van der Waals surface area (Å²) in [6, 6.07) is 5.50. The minimum atomic E-state index is -0.642. The highest BCUT2D eigenvalue weighted by Crippen LogP contribution is 2.29. The Kier molecular flexibility index (Phi) is 4.83. The molecule has 1 amide bonds. The van der Waals surface area contributed by atoms with Crippen molar-refractivity contribution < 1.29 is 14.6 Å². The molecule has 2 rings (SSSR count). The summed E-state index contributed by atoms with van der Waals surface area (Å²) >= 11 is 0. The summed E-state index contributed by atoms with van der Waals surface area (Å²) in [6.07, 6.45) is 2.48. The van der Waals surface area contributed by atoms with E-state index in [2.05, 4.69) is 4.98 Å². The van der Waals surface area contributed by atoms with E-state index in [0.717, 1.165) is 12.8 Å². The molecule has 5 heteroatoms. The van der Waals surface area contributed by atoms with E-state index in [-0.39, 0.29) is 12.0 Å². The van der Waals surface area contributed by atoms with Crippen LogP contribution < -0.4 is 0 Å². The van der Waals surface area contributed by atoms with Crippen LogP contribution in [0, 0.1) is 5.92 Å². The van der Waals surface area contributed by atoms with Crippen LogP contribution in [-0.4, -0.2) is 39.8 Å². The molecule has 1 N–H and O–H groups in total. The number of piperidine rings is 1. The third kappa shape index (κ3) is 4.43. The maximum absolute atomic E-state index is 12.1. The van der Waals surface area contributed by atoms with Crippen LogP contribution in [0.15, 0.2) is 24.4 Å². The number of ether oxygens (including phenoxy) is 1. The molecule has 0 aromatic carbocycles. The third-order valence-corrected chi connectivity index (χ3v) is 3.55. The average Bonchev–Trinajstić information content (AvgIpc) is 2.46. The molecule has 21 heavy (non-hydrogen) atoms. The van der Waals surface area contributed by atoms with Gasteiger partial charge in [0.15, 0.2) is 0 Å². The van der Waals surface area contributed by atoms with Gasteiger partial charge < -0.3 is 14.7 Å². The molecule has 0 aliphatic carbocycles. The number of aromatic nitrogens is 1. The van der Waals surface area contributed by atoms with E-state index in [4.69, 9.17) is 4.74 Å². The van der Waals surface area contributed by atoms with Crippen molar-refractivity contribution in [1.29, 1.82) is 0 Å². The SMILES string of the molecule is CC(C)(C)OC(=O)N1CCCC([C@H](O)c2ccccn2)C1. The minimum Gasteiger partial charge on any atom is -0.444 e. The fourth-order valence-corrected chi connectivity index (χ4v) is 2.55. The van der Waals surface area contributed by atoms with Crippen LogP contribution in [0.25, 0.3) is 0 Å². The van der Waals surface area contributed by atoms with Crippen molar-refractivity contribution in [2.75, 3.05) is 13.1 Å². The Morgan fingerprint density at radius 2 is 2.24 bits per heavy atom. The van der Waals surface area contributed by atoms with Crippen LogP contribution in [0.3, 0.4) is 0 Å². The number of aliphatic hydroxyl groups excluding tert-OH is 1. The predicted molar refractivity (Wildman–Crippen MR) is 79.7 cm³/mol. The summed E-state index contributed by atoms with van der Waals surface area (Å²) in [7, 11) is 0. The molecule has 5 nitrogen and oxygen atoms in total. The van der Waals surface area contributed by atoms with Crippen molar-refractivity contribution in [3.63, 3.8) is 0 Å². The van der Waals surface area contributed by atoms with E-state index in [9.17, 15) is 9.90 Å². The topological polar surface area (TPSA) is 62.7 Å². The van der Waals surface area contributed by atoms with Crippen molar-refractivity contribution >= 4 is 6.09 Å². The Hall–Kier alpha value is -1.62. The second-order valence-electron chi connectivity index (χ2n) is 6.53. The second-order valence-corrected chi connectivity index (χ2v) is 6.53. The molecule has 0 spiro atoms. The third-order valence-electron chi connectivity index (χ3n) is 3.55. The fourth-order valence-electron chi connectivity index (χ4n) is 2.55. The van der Waals surface area contributed by atoms with Gasteiger partial charge in [-0.05, 0) is 45.7 Å². The van der Waals surface area contributed by atoms with Gasteiger partial charge >= 0.3 is 6.09 Å². The first kappa shape index (κ1) is 15.8. The standard InChI is InChI=1S/C16H24N2O3/c1-16(2,3)21-15(20)18-10-6-7-12(11-18)14(19)13-8-4-5-9-17-13/h4-5,8-9,12,14,19H,6-7,10-11H2,1-3H3/t12?,14-/m0/s1. The molecule has 1 unspecified atom stereocenters. The normalized spacial score (nSPS) is 21.0. The molecule has 1 aliphatic heterocycles. The van der Waals surface area contributed by atoms with Gasteiger partial charge in [0.05, 0.1) is 5.69 Å². The van der Waals surface area contributed by atoms with Gasteiger partial charge in [-0.2, -0.15) is 0 Å². The van der Waals surface area contributed by atoms with Gasteiger partial charge in [-0.25, -0.2) is 4.79 Å². The highest BCUT2D eigenvalue weighted by molar-refractivity contribution is 5.68. The van der Waals surface area contributed by atoms with E-state index in [1.807, 2.05) is 39.0 Å².